The zero-order valence-electron chi connectivity index (χ0n) is 12.8. The predicted octanol–water partition coefficient (Wildman–Crippen LogP) is 1.82. The fourth-order valence-electron chi connectivity index (χ4n) is 2.12. The van der Waals surface area contributed by atoms with E-state index in [9.17, 15) is 13.2 Å². The molecule has 1 aromatic carbocycles. The SMILES string of the molecule is CCC(NC(=O)CCc1ccc(S(N)(=O)=O)cc1)C(C)C. The molecule has 0 radical (unpaired) electrons. The summed E-state index contributed by atoms with van der Waals surface area (Å²) in [4.78, 5) is 12.0. The Bertz CT molecular complexity index is 565. The Morgan fingerprint density at radius 3 is 2.24 bits per heavy atom. The number of rotatable bonds is 7. The van der Waals surface area contributed by atoms with Crippen molar-refractivity contribution in [1.29, 1.82) is 0 Å². The van der Waals surface area contributed by atoms with Gasteiger partial charge < -0.3 is 5.32 Å². The summed E-state index contributed by atoms with van der Waals surface area (Å²) in [5.74, 6) is 0.430. The second-order valence-corrected chi connectivity index (χ2v) is 7.08. The van der Waals surface area contributed by atoms with Crippen molar-refractivity contribution >= 4 is 15.9 Å². The van der Waals surface area contributed by atoms with Crippen LogP contribution in [0.4, 0.5) is 0 Å². The van der Waals surface area contributed by atoms with E-state index in [4.69, 9.17) is 5.14 Å². The molecular formula is C15H24N2O3S. The lowest BCUT2D eigenvalue weighted by Gasteiger charge is -2.20. The number of nitrogens with two attached hydrogens (primary N) is 1. The molecule has 0 aliphatic carbocycles. The molecule has 1 rings (SSSR count). The molecule has 0 heterocycles. The minimum absolute atomic E-state index is 0.0195. The third-order valence-electron chi connectivity index (χ3n) is 3.48. The maximum atomic E-state index is 11.9. The summed E-state index contributed by atoms with van der Waals surface area (Å²) in [6.45, 7) is 6.22. The Balaban J connectivity index is 2.54. The van der Waals surface area contributed by atoms with Gasteiger partial charge in [-0.2, -0.15) is 0 Å². The Hall–Kier alpha value is -1.40. The van der Waals surface area contributed by atoms with Crippen LogP contribution in [-0.2, 0) is 21.2 Å². The highest BCUT2D eigenvalue weighted by atomic mass is 32.2. The number of hydrogen-bond acceptors (Lipinski definition) is 3. The summed E-state index contributed by atoms with van der Waals surface area (Å²) in [5.41, 5.74) is 0.912. The van der Waals surface area contributed by atoms with Gasteiger partial charge in [0.1, 0.15) is 0 Å². The van der Waals surface area contributed by atoms with Crippen LogP contribution in [-0.4, -0.2) is 20.4 Å². The number of hydrogen-bond donors (Lipinski definition) is 2. The molecule has 3 N–H and O–H groups in total. The van der Waals surface area contributed by atoms with Crippen molar-refractivity contribution in [2.24, 2.45) is 11.1 Å². The number of benzene rings is 1. The first kappa shape index (κ1) is 17.7. The van der Waals surface area contributed by atoms with Crippen LogP contribution < -0.4 is 10.5 Å². The zero-order valence-corrected chi connectivity index (χ0v) is 13.6. The molecule has 118 valence electrons. The fourth-order valence-corrected chi connectivity index (χ4v) is 2.64. The molecule has 0 spiro atoms. The van der Waals surface area contributed by atoms with Crippen molar-refractivity contribution in [3.05, 3.63) is 29.8 Å². The van der Waals surface area contributed by atoms with E-state index in [1.807, 2.05) is 0 Å². The van der Waals surface area contributed by atoms with Crippen molar-refractivity contribution < 1.29 is 13.2 Å². The van der Waals surface area contributed by atoms with Gasteiger partial charge in [-0.1, -0.05) is 32.9 Å². The van der Waals surface area contributed by atoms with Crippen LogP contribution >= 0.6 is 0 Å². The van der Waals surface area contributed by atoms with Gasteiger partial charge in [0.15, 0.2) is 0 Å². The lowest BCUT2D eigenvalue weighted by atomic mass is 10.0. The van der Waals surface area contributed by atoms with E-state index in [1.165, 1.54) is 12.1 Å². The number of sulfonamides is 1. The smallest absolute Gasteiger partial charge is 0.238 e. The Kier molecular flexibility index (Phi) is 6.36. The summed E-state index contributed by atoms with van der Waals surface area (Å²) in [6, 6.07) is 6.50. The number of carbonyl (C=O) groups is 1. The highest BCUT2D eigenvalue weighted by Gasteiger charge is 2.14. The van der Waals surface area contributed by atoms with Gasteiger partial charge in [0.2, 0.25) is 15.9 Å². The van der Waals surface area contributed by atoms with Gasteiger partial charge in [0.25, 0.3) is 0 Å². The summed E-state index contributed by atoms with van der Waals surface area (Å²) in [6.07, 6.45) is 1.87. The van der Waals surface area contributed by atoms with Crippen molar-refractivity contribution in [3.8, 4) is 0 Å². The topological polar surface area (TPSA) is 89.3 Å². The van der Waals surface area contributed by atoms with Crippen molar-refractivity contribution in [2.45, 2.75) is 51.0 Å². The number of aryl methyl sites for hydroxylation is 1. The maximum absolute atomic E-state index is 11.9. The number of primary sulfonamides is 1. The number of amides is 1. The molecular weight excluding hydrogens is 288 g/mol. The quantitative estimate of drug-likeness (QED) is 0.804. The Labute approximate surface area is 127 Å². The van der Waals surface area contributed by atoms with E-state index in [2.05, 4.69) is 26.1 Å². The molecule has 1 amide bonds. The van der Waals surface area contributed by atoms with Crippen LogP contribution in [0.5, 0.6) is 0 Å². The van der Waals surface area contributed by atoms with E-state index in [0.29, 0.717) is 18.8 Å². The summed E-state index contributed by atoms with van der Waals surface area (Å²) >= 11 is 0. The monoisotopic (exact) mass is 312 g/mol. The van der Waals surface area contributed by atoms with Gasteiger partial charge in [0, 0.05) is 12.5 Å². The maximum Gasteiger partial charge on any atom is 0.238 e. The van der Waals surface area contributed by atoms with Gasteiger partial charge in [0.05, 0.1) is 4.90 Å². The zero-order chi connectivity index (χ0) is 16.0. The molecule has 0 aromatic heterocycles. The van der Waals surface area contributed by atoms with Crippen LogP contribution in [0.3, 0.4) is 0 Å². The molecule has 6 heteroatoms. The largest absolute Gasteiger partial charge is 0.353 e. The van der Waals surface area contributed by atoms with Crippen LogP contribution in [0, 0.1) is 5.92 Å². The molecule has 0 saturated heterocycles. The van der Waals surface area contributed by atoms with E-state index in [1.54, 1.807) is 12.1 Å². The van der Waals surface area contributed by atoms with E-state index in [-0.39, 0.29) is 16.8 Å². The standard InChI is InChI=1S/C15H24N2O3S/c1-4-14(11(2)3)17-15(18)10-7-12-5-8-13(9-6-12)21(16,19)20/h5-6,8-9,11,14H,4,7,10H2,1-3H3,(H,17,18)(H2,16,19,20). The normalized spacial score (nSPS) is 13.2. The first-order valence-corrected chi connectivity index (χ1v) is 8.69. The predicted molar refractivity (Wildman–Crippen MR) is 83.2 cm³/mol. The molecule has 0 aliphatic rings. The van der Waals surface area contributed by atoms with Gasteiger partial charge in [-0.15, -0.1) is 0 Å². The van der Waals surface area contributed by atoms with Gasteiger partial charge in [-0.25, -0.2) is 13.6 Å². The van der Waals surface area contributed by atoms with Crippen LogP contribution in [0.15, 0.2) is 29.2 Å². The Morgan fingerprint density at radius 1 is 1.24 bits per heavy atom. The van der Waals surface area contributed by atoms with Crippen molar-refractivity contribution in [3.63, 3.8) is 0 Å². The molecule has 5 nitrogen and oxygen atoms in total. The number of nitrogens with one attached hydrogen (secondary N) is 1. The molecule has 1 aromatic rings. The number of carbonyl (C=O) groups excluding carboxylic acids is 1. The third kappa shape index (κ3) is 5.85. The average molecular weight is 312 g/mol. The second kappa shape index (κ2) is 7.56. The molecule has 0 saturated carbocycles. The summed E-state index contributed by atoms with van der Waals surface area (Å²) in [7, 11) is -3.66. The van der Waals surface area contributed by atoms with E-state index >= 15 is 0 Å². The van der Waals surface area contributed by atoms with Crippen LogP contribution in [0.1, 0.15) is 39.2 Å². The molecule has 1 unspecified atom stereocenters. The molecule has 0 aliphatic heterocycles. The lowest BCUT2D eigenvalue weighted by molar-refractivity contribution is -0.122. The van der Waals surface area contributed by atoms with E-state index < -0.39 is 10.0 Å². The molecule has 0 fully saturated rings. The van der Waals surface area contributed by atoms with Crippen LogP contribution in [0.2, 0.25) is 0 Å². The minimum atomic E-state index is -3.66. The molecule has 1 atom stereocenters. The lowest BCUT2D eigenvalue weighted by Crippen LogP contribution is -2.38. The van der Waals surface area contributed by atoms with Gasteiger partial charge in [-0.05, 0) is 36.5 Å². The highest BCUT2D eigenvalue weighted by molar-refractivity contribution is 7.89. The first-order valence-electron chi connectivity index (χ1n) is 7.15. The third-order valence-corrected chi connectivity index (χ3v) is 4.41. The van der Waals surface area contributed by atoms with Gasteiger partial charge >= 0.3 is 0 Å². The van der Waals surface area contributed by atoms with E-state index in [0.717, 1.165) is 12.0 Å². The summed E-state index contributed by atoms with van der Waals surface area (Å²) in [5, 5.41) is 8.05. The fraction of sp³-hybridized carbons (Fsp3) is 0.533. The van der Waals surface area contributed by atoms with Gasteiger partial charge in [-0.3, -0.25) is 4.79 Å². The first-order chi connectivity index (χ1) is 9.74. The average Bonchev–Trinajstić information content (AvgIpc) is 2.41. The molecule has 0 bridgehead atoms. The summed E-state index contributed by atoms with van der Waals surface area (Å²) < 4.78 is 22.3. The second-order valence-electron chi connectivity index (χ2n) is 5.52. The minimum Gasteiger partial charge on any atom is -0.353 e. The molecule has 21 heavy (non-hydrogen) atoms. The Morgan fingerprint density at radius 2 is 1.81 bits per heavy atom. The van der Waals surface area contributed by atoms with Crippen molar-refractivity contribution in [1.82, 2.24) is 5.32 Å². The highest BCUT2D eigenvalue weighted by Crippen LogP contribution is 2.11. The van der Waals surface area contributed by atoms with Crippen molar-refractivity contribution in [2.75, 3.05) is 0 Å². The van der Waals surface area contributed by atoms with Crippen LogP contribution in [0.25, 0.3) is 0 Å².